The van der Waals surface area contributed by atoms with Crippen molar-refractivity contribution in [1.82, 2.24) is 24.9 Å². The second-order valence-corrected chi connectivity index (χ2v) is 7.96. The molecule has 0 bridgehead atoms. The molecule has 0 aromatic heterocycles. The van der Waals surface area contributed by atoms with Crippen molar-refractivity contribution in [3.63, 3.8) is 0 Å². The fourth-order valence-corrected chi connectivity index (χ4v) is 3.91. The highest BCUT2D eigenvalue weighted by molar-refractivity contribution is 5.95. The summed E-state index contributed by atoms with van der Waals surface area (Å²) in [5.41, 5.74) is -0.802. The van der Waals surface area contributed by atoms with E-state index in [2.05, 4.69) is 5.32 Å². The largest absolute Gasteiger partial charge is 0.465 e. The average Bonchev–Trinajstić information content (AvgIpc) is 3.09. The molecule has 10 nitrogen and oxygen atoms in total. The van der Waals surface area contributed by atoms with Crippen LogP contribution in [0.4, 0.5) is 4.79 Å². The molecule has 2 saturated heterocycles. The van der Waals surface area contributed by atoms with E-state index < -0.39 is 23.6 Å². The number of rotatable bonds is 4. The summed E-state index contributed by atoms with van der Waals surface area (Å²) >= 11 is 0. The molecule has 0 radical (unpaired) electrons. The number of aliphatic hydroxyl groups is 1. The Labute approximate surface area is 158 Å². The summed E-state index contributed by atoms with van der Waals surface area (Å²) in [5.74, 6) is -0.424. The summed E-state index contributed by atoms with van der Waals surface area (Å²) < 4.78 is 0. The lowest BCUT2D eigenvalue weighted by Gasteiger charge is -2.39. The predicted molar refractivity (Wildman–Crippen MR) is 95.1 cm³/mol. The summed E-state index contributed by atoms with van der Waals surface area (Å²) in [7, 11) is 1.93. The molecule has 1 atom stereocenters. The number of amides is 3. The number of carboxylic acid groups (broad SMARTS) is 1. The zero-order valence-corrected chi connectivity index (χ0v) is 15.9. The maximum Gasteiger partial charge on any atom is 0.405 e. The molecule has 3 amide bonds. The van der Waals surface area contributed by atoms with Gasteiger partial charge in [-0.2, -0.15) is 0 Å². The Morgan fingerprint density at radius 3 is 2.41 bits per heavy atom. The van der Waals surface area contributed by atoms with E-state index in [1.165, 1.54) is 13.8 Å². The van der Waals surface area contributed by atoms with Crippen LogP contribution in [-0.4, -0.2) is 98.9 Å². The van der Waals surface area contributed by atoms with Crippen molar-refractivity contribution in [2.45, 2.75) is 44.4 Å². The van der Waals surface area contributed by atoms with E-state index in [1.54, 1.807) is 4.90 Å². The number of nitrogens with one attached hydrogen (secondary N) is 1. The van der Waals surface area contributed by atoms with Gasteiger partial charge in [-0.1, -0.05) is 0 Å². The number of nitrogens with zero attached hydrogens (tertiary/aromatic N) is 4. The molecule has 3 rings (SSSR count). The lowest BCUT2D eigenvalue weighted by atomic mass is 9.95. The van der Waals surface area contributed by atoms with Gasteiger partial charge in [0.05, 0.1) is 18.9 Å². The number of hydrogen-bond acceptors (Lipinski definition) is 6. The molecule has 27 heavy (non-hydrogen) atoms. The molecule has 3 N–H and O–H groups in total. The molecule has 3 aliphatic heterocycles. The third-order valence-corrected chi connectivity index (χ3v) is 5.32. The average molecular weight is 381 g/mol. The van der Waals surface area contributed by atoms with Gasteiger partial charge in [0, 0.05) is 32.4 Å². The highest BCUT2D eigenvalue weighted by atomic mass is 16.4. The van der Waals surface area contributed by atoms with Crippen LogP contribution < -0.4 is 5.32 Å². The third kappa shape index (κ3) is 3.80. The van der Waals surface area contributed by atoms with Gasteiger partial charge in [0.1, 0.15) is 11.7 Å². The number of likely N-dealkylation sites (tertiary alicyclic amines) is 1. The van der Waals surface area contributed by atoms with Crippen molar-refractivity contribution in [3.8, 4) is 0 Å². The molecule has 0 spiro atoms. The van der Waals surface area contributed by atoms with E-state index in [1.807, 2.05) is 27.9 Å². The van der Waals surface area contributed by atoms with Crippen molar-refractivity contribution >= 4 is 17.9 Å². The van der Waals surface area contributed by atoms with Gasteiger partial charge in [-0.25, -0.2) is 4.79 Å². The lowest BCUT2D eigenvalue weighted by Crippen LogP contribution is -2.60. The van der Waals surface area contributed by atoms with E-state index in [4.69, 9.17) is 5.11 Å². The van der Waals surface area contributed by atoms with Crippen LogP contribution in [-0.2, 0) is 9.59 Å². The van der Waals surface area contributed by atoms with Crippen LogP contribution in [0.25, 0.3) is 0 Å². The van der Waals surface area contributed by atoms with Crippen molar-refractivity contribution < 1.29 is 24.6 Å². The van der Waals surface area contributed by atoms with Gasteiger partial charge in [0.2, 0.25) is 5.91 Å². The predicted octanol–water partition coefficient (Wildman–Crippen LogP) is -0.769. The Morgan fingerprint density at radius 2 is 1.89 bits per heavy atom. The Bertz CT molecular complexity index is 665. The van der Waals surface area contributed by atoms with Crippen LogP contribution in [0.15, 0.2) is 11.9 Å². The van der Waals surface area contributed by atoms with Crippen LogP contribution >= 0.6 is 0 Å². The Morgan fingerprint density at radius 1 is 1.26 bits per heavy atom. The highest BCUT2D eigenvalue weighted by Crippen LogP contribution is 2.29. The van der Waals surface area contributed by atoms with Gasteiger partial charge < -0.3 is 35.1 Å². The van der Waals surface area contributed by atoms with E-state index >= 15 is 0 Å². The number of carbonyl (C=O) groups is 3. The molecule has 3 heterocycles. The Kier molecular flexibility index (Phi) is 4.94. The summed E-state index contributed by atoms with van der Waals surface area (Å²) in [6.45, 7) is 4.89. The van der Waals surface area contributed by atoms with Gasteiger partial charge in [-0.05, 0) is 26.7 Å². The highest BCUT2D eigenvalue weighted by Gasteiger charge is 2.43. The monoisotopic (exact) mass is 381 g/mol. The number of piperidine rings is 1. The molecule has 10 heteroatoms. The molecule has 0 aliphatic carbocycles. The maximum atomic E-state index is 12.7. The molecule has 2 fully saturated rings. The smallest absolute Gasteiger partial charge is 0.405 e. The minimum absolute atomic E-state index is 0.0195. The number of fused-ring (bicyclic) bond motifs is 1. The van der Waals surface area contributed by atoms with Crippen LogP contribution in [0.5, 0.6) is 0 Å². The zero-order valence-electron chi connectivity index (χ0n) is 15.9. The zero-order chi connectivity index (χ0) is 19.9. The minimum Gasteiger partial charge on any atom is -0.465 e. The lowest BCUT2D eigenvalue weighted by molar-refractivity contribution is -0.141. The second kappa shape index (κ2) is 6.91. The first-order valence-electron chi connectivity index (χ1n) is 9.06. The third-order valence-electron chi connectivity index (χ3n) is 5.32. The summed E-state index contributed by atoms with van der Waals surface area (Å²) in [5, 5.41) is 21.2. The van der Waals surface area contributed by atoms with Crippen molar-refractivity contribution in [2.24, 2.45) is 0 Å². The SMILES string of the molecule is CN1C=C2C(=O)N(C3CCN(C(=O)C(NC(=O)O)C(C)(C)O)CC3)CN2C1. The van der Waals surface area contributed by atoms with Crippen molar-refractivity contribution in [2.75, 3.05) is 33.5 Å². The van der Waals surface area contributed by atoms with Crippen molar-refractivity contribution in [1.29, 1.82) is 0 Å². The topological polar surface area (TPSA) is 117 Å². The number of carbonyl (C=O) groups excluding carboxylic acids is 2. The van der Waals surface area contributed by atoms with Crippen LogP contribution in [0.3, 0.4) is 0 Å². The van der Waals surface area contributed by atoms with Crippen molar-refractivity contribution in [3.05, 3.63) is 11.9 Å². The molecular weight excluding hydrogens is 354 g/mol. The number of hydrogen-bond donors (Lipinski definition) is 3. The minimum atomic E-state index is -1.51. The molecule has 150 valence electrons. The summed E-state index contributed by atoms with van der Waals surface area (Å²) in [4.78, 5) is 43.7. The van der Waals surface area contributed by atoms with Crippen LogP contribution in [0, 0.1) is 0 Å². The summed E-state index contributed by atoms with van der Waals surface area (Å²) in [6, 6.07) is -1.18. The van der Waals surface area contributed by atoms with Crippen LogP contribution in [0.2, 0.25) is 0 Å². The fourth-order valence-electron chi connectivity index (χ4n) is 3.91. The van der Waals surface area contributed by atoms with Gasteiger partial charge >= 0.3 is 6.09 Å². The molecule has 1 unspecified atom stereocenters. The molecule has 0 aromatic carbocycles. The molecule has 0 aromatic rings. The molecular formula is C17H27N5O5. The standard InChI is InChI=1S/C17H27N5O5/c1-17(2,27)13(18-16(25)26)15(24)20-6-4-11(5-7-20)22-10-21-9-19(3)8-12(21)14(22)23/h8,11,13,18,27H,4-7,9-10H2,1-3H3,(H,25,26). The quantitative estimate of drug-likeness (QED) is 0.585. The van der Waals surface area contributed by atoms with Gasteiger partial charge in [-0.3, -0.25) is 9.59 Å². The Hall–Kier alpha value is -2.49. The Balaban J connectivity index is 1.60. The van der Waals surface area contributed by atoms with E-state index in [9.17, 15) is 19.5 Å². The first kappa shape index (κ1) is 19.3. The van der Waals surface area contributed by atoms with Gasteiger partial charge in [0.15, 0.2) is 0 Å². The normalized spacial score (nSPS) is 22.1. The first-order chi connectivity index (χ1) is 12.6. The van der Waals surface area contributed by atoms with Crippen LogP contribution in [0.1, 0.15) is 26.7 Å². The first-order valence-corrected chi connectivity index (χ1v) is 9.06. The molecule has 0 saturated carbocycles. The summed E-state index contributed by atoms with van der Waals surface area (Å²) in [6.07, 6.45) is 1.75. The maximum absolute atomic E-state index is 12.7. The van der Waals surface area contributed by atoms with Gasteiger partial charge in [-0.15, -0.1) is 0 Å². The van der Waals surface area contributed by atoms with Gasteiger partial charge in [0.25, 0.3) is 5.91 Å². The fraction of sp³-hybridized carbons (Fsp3) is 0.706. The van der Waals surface area contributed by atoms with E-state index in [-0.39, 0.29) is 11.9 Å². The molecule has 3 aliphatic rings. The van der Waals surface area contributed by atoms with E-state index in [0.717, 1.165) is 0 Å². The van der Waals surface area contributed by atoms with E-state index in [0.29, 0.717) is 45.0 Å². The second-order valence-electron chi connectivity index (χ2n) is 7.96.